The van der Waals surface area contributed by atoms with Gasteiger partial charge in [0.25, 0.3) is 5.91 Å². The van der Waals surface area contributed by atoms with Crippen LogP contribution in [0.3, 0.4) is 0 Å². The molecule has 0 saturated carbocycles. The molecule has 0 unspecified atom stereocenters. The summed E-state index contributed by atoms with van der Waals surface area (Å²) in [5.41, 5.74) is 0.720. The van der Waals surface area contributed by atoms with Crippen LogP contribution in [0, 0.1) is 5.82 Å². The van der Waals surface area contributed by atoms with Crippen LogP contribution >= 0.6 is 0 Å². The third-order valence-corrected chi connectivity index (χ3v) is 3.26. The fourth-order valence-corrected chi connectivity index (χ4v) is 2.12. The topological polar surface area (TPSA) is 47.6 Å². The van der Waals surface area contributed by atoms with Crippen molar-refractivity contribution in [1.82, 2.24) is 5.32 Å². The van der Waals surface area contributed by atoms with Gasteiger partial charge in [-0.1, -0.05) is 18.2 Å². The standard InChI is InChI=1S/C17H16F3NO3/c1-23-15-10-11(6-7-14(15)24-17(19)20)8-9-21-16(22)12-4-2-3-5-13(12)18/h2-7,10,17H,8-9H2,1H3,(H,21,22). The van der Waals surface area contributed by atoms with Gasteiger partial charge in [-0.2, -0.15) is 8.78 Å². The molecule has 2 aromatic carbocycles. The fraction of sp³-hybridized carbons (Fsp3) is 0.235. The molecule has 0 fully saturated rings. The zero-order valence-corrected chi connectivity index (χ0v) is 12.9. The number of amides is 1. The highest BCUT2D eigenvalue weighted by atomic mass is 19.3. The van der Waals surface area contributed by atoms with Crippen molar-refractivity contribution in [2.75, 3.05) is 13.7 Å². The van der Waals surface area contributed by atoms with Gasteiger partial charge in [-0.05, 0) is 36.2 Å². The lowest BCUT2D eigenvalue weighted by Crippen LogP contribution is -2.26. The first-order chi connectivity index (χ1) is 11.5. The van der Waals surface area contributed by atoms with E-state index in [2.05, 4.69) is 10.1 Å². The second-order valence-corrected chi connectivity index (χ2v) is 4.85. The van der Waals surface area contributed by atoms with Gasteiger partial charge in [-0.25, -0.2) is 4.39 Å². The largest absolute Gasteiger partial charge is 0.493 e. The molecule has 2 aromatic rings. The minimum absolute atomic E-state index is 0.0317. The van der Waals surface area contributed by atoms with Crippen LogP contribution in [0.5, 0.6) is 11.5 Å². The van der Waals surface area contributed by atoms with Crippen molar-refractivity contribution in [1.29, 1.82) is 0 Å². The van der Waals surface area contributed by atoms with Crippen LogP contribution in [0.4, 0.5) is 13.2 Å². The van der Waals surface area contributed by atoms with Gasteiger partial charge in [0.15, 0.2) is 11.5 Å². The highest BCUT2D eigenvalue weighted by Gasteiger charge is 2.12. The van der Waals surface area contributed by atoms with E-state index >= 15 is 0 Å². The van der Waals surface area contributed by atoms with Crippen molar-refractivity contribution in [3.63, 3.8) is 0 Å². The van der Waals surface area contributed by atoms with Crippen LogP contribution in [0.15, 0.2) is 42.5 Å². The first-order valence-corrected chi connectivity index (χ1v) is 7.15. The Hall–Kier alpha value is -2.70. The van der Waals surface area contributed by atoms with E-state index in [9.17, 15) is 18.0 Å². The zero-order chi connectivity index (χ0) is 17.5. The summed E-state index contributed by atoms with van der Waals surface area (Å²) in [6.45, 7) is -2.68. The number of benzene rings is 2. The van der Waals surface area contributed by atoms with Crippen molar-refractivity contribution >= 4 is 5.91 Å². The molecule has 1 amide bonds. The third-order valence-electron chi connectivity index (χ3n) is 3.26. The van der Waals surface area contributed by atoms with Gasteiger partial charge in [0, 0.05) is 6.54 Å². The van der Waals surface area contributed by atoms with Gasteiger partial charge in [0.1, 0.15) is 5.82 Å². The molecule has 7 heteroatoms. The number of halogens is 3. The smallest absolute Gasteiger partial charge is 0.387 e. The number of hydrogen-bond donors (Lipinski definition) is 1. The lowest BCUT2D eigenvalue weighted by molar-refractivity contribution is -0.0512. The van der Waals surface area contributed by atoms with Crippen molar-refractivity contribution in [2.24, 2.45) is 0 Å². The summed E-state index contributed by atoms with van der Waals surface area (Å²) >= 11 is 0. The third kappa shape index (κ3) is 4.65. The van der Waals surface area contributed by atoms with Crippen LogP contribution in [0.25, 0.3) is 0 Å². The summed E-state index contributed by atoms with van der Waals surface area (Å²) in [6, 6.07) is 10.2. The quantitative estimate of drug-likeness (QED) is 0.841. The molecule has 4 nitrogen and oxygen atoms in total. The maximum atomic E-state index is 13.5. The summed E-state index contributed by atoms with van der Waals surface area (Å²) in [6.07, 6.45) is 0.422. The Kier molecular flexibility index (Phi) is 6.06. The molecular weight excluding hydrogens is 323 g/mol. The number of carbonyl (C=O) groups excluding carboxylic acids is 1. The number of rotatable bonds is 7. The van der Waals surface area contributed by atoms with Crippen molar-refractivity contribution < 1.29 is 27.4 Å². The Bertz CT molecular complexity index is 707. The zero-order valence-electron chi connectivity index (χ0n) is 12.9. The normalized spacial score (nSPS) is 10.5. The van der Waals surface area contributed by atoms with E-state index in [0.29, 0.717) is 6.42 Å². The van der Waals surface area contributed by atoms with E-state index in [1.165, 1.54) is 31.4 Å². The number of alkyl halides is 2. The van der Waals surface area contributed by atoms with E-state index in [-0.39, 0.29) is 23.6 Å². The van der Waals surface area contributed by atoms with Gasteiger partial charge in [0.2, 0.25) is 0 Å². The van der Waals surface area contributed by atoms with Crippen molar-refractivity contribution in [3.05, 3.63) is 59.4 Å². The summed E-state index contributed by atoms with van der Waals surface area (Å²) in [5.74, 6) is -0.997. The molecule has 0 bridgehead atoms. The van der Waals surface area contributed by atoms with Crippen molar-refractivity contribution in [3.8, 4) is 11.5 Å². The highest BCUT2D eigenvalue weighted by molar-refractivity contribution is 5.94. The average molecular weight is 339 g/mol. The van der Waals surface area contributed by atoms with E-state index in [1.54, 1.807) is 18.2 Å². The minimum Gasteiger partial charge on any atom is -0.493 e. The van der Waals surface area contributed by atoms with Crippen LogP contribution in [0.2, 0.25) is 0 Å². The Morgan fingerprint density at radius 1 is 1.17 bits per heavy atom. The molecule has 0 saturated heterocycles. The van der Waals surface area contributed by atoms with Gasteiger partial charge < -0.3 is 14.8 Å². The number of ether oxygens (including phenoxy) is 2. The first kappa shape index (κ1) is 17.7. The van der Waals surface area contributed by atoms with Gasteiger partial charge >= 0.3 is 6.61 Å². The predicted octanol–water partition coefficient (Wildman–Crippen LogP) is 3.41. The molecule has 2 rings (SSSR count). The van der Waals surface area contributed by atoms with E-state index in [1.807, 2.05) is 0 Å². The Morgan fingerprint density at radius 3 is 2.58 bits per heavy atom. The molecule has 128 valence electrons. The van der Waals surface area contributed by atoms with E-state index in [4.69, 9.17) is 4.74 Å². The number of carbonyl (C=O) groups is 1. The SMILES string of the molecule is COc1cc(CCNC(=O)c2ccccc2F)ccc1OC(F)F. The Morgan fingerprint density at radius 2 is 1.92 bits per heavy atom. The summed E-state index contributed by atoms with van der Waals surface area (Å²) in [5, 5.41) is 2.60. The lowest BCUT2D eigenvalue weighted by Gasteiger charge is -2.12. The van der Waals surface area contributed by atoms with Crippen LogP contribution in [0.1, 0.15) is 15.9 Å². The van der Waals surface area contributed by atoms with Crippen LogP contribution in [-0.4, -0.2) is 26.2 Å². The Labute approximate surface area is 137 Å². The molecule has 0 aromatic heterocycles. The van der Waals surface area contributed by atoms with E-state index in [0.717, 1.165) is 5.56 Å². The molecule has 24 heavy (non-hydrogen) atoms. The second kappa shape index (κ2) is 8.24. The Balaban J connectivity index is 1.95. The summed E-state index contributed by atoms with van der Waals surface area (Å²) in [7, 11) is 1.34. The lowest BCUT2D eigenvalue weighted by atomic mass is 10.1. The average Bonchev–Trinajstić information content (AvgIpc) is 2.56. The molecule has 0 spiro atoms. The monoisotopic (exact) mass is 339 g/mol. The number of hydrogen-bond acceptors (Lipinski definition) is 3. The summed E-state index contributed by atoms with van der Waals surface area (Å²) < 4.78 is 47.4. The summed E-state index contributed by atoms with van der Waals surface area (Å²) in [4.78, 5) is 11.9. The number of methoxy groups -OCH3 is 1. The van der Waals surface area contributed by atoms with Crippen LogP contribution in [-0.2, 0) is 6.42 Å². The van der Waals surface area contributed by atoms with E-state index < -0.39 is 18.3 Å². The first-order valence-electron chi connectivity index (χ1n) is 7.15. The van der Waals surface area contributed by atoms with Crippen LogP contribution < -0.4 is 14.8 Å². The number of nitrogens with one attached hydrogen (secondary N) is 1. The molecule has 0 aliphatic heterocycles. The minimum atomic E-state index is -2.94. The fourth-order valence-electron chi connectivity index (χ4n) is 2.12. The molecule has 0 atom stereocenters. The van der Waals surface area contributed by atoms with Gasteiger partial charge in [0.05, 0.1) is 12.7 Å². The molecule has 0 aliphatic carbocycles. The molecule has 0 aliphatic rings. The maximum Gasteiger partial charge on any atom is 0.387 e. The van der Waals surface area contributed by atoms with Gasteiger partial charge in [-0.3, -0.25) is 4.79 Å². The highest BCUT2D eigenvalue weighted by Crippen LogP contribution is 2.29. The molecule has 0 heterocycles. The van der Waals surface area contributed by atoms with Gasteiger partial charge in [-0.15, -0.1) is 0 Å². The second-order valence-electron chi connectivity index (χ2n) is 4.85. The maximum absolute atomic E-state index is 13.5. The predicted molar refractivity (Wildman–Crippen MR) is 82.1 cm³/mol. The molecular formula is C17H16F3NO3. The molecule has 0 radical (unpaired) electrons. The van der Waals surface area contributed by atoms with Crippen molar-refractivity contribution in [2.45, 2.75) is 13.0 Å². The molecule has 1 N–H and O–H groups in total.